The van der Waals surface area contributed by atoms with Gasteiger partial charge in [0.25, 0.3) is 0 Å². The third-order valence-corrected chi connectivity index (χ3v) is 12.9. The molecule has 2 aliphatic heterocycles. The Labute approximate surface area is 363 Å². The van der Waals surface area contributed by atoms with E-state index in [1.54, 1.807) is 0 Å². The SMILES string of the molecule is [B]1c2cccc3c2N(c2ccccc2C3(c2ccccc2)c2ccccc2)c2cc(-c3ccccc3)cc(-c3ccc4ccccc4c3Nc3ccc(-c4ccccc4)cc3)c21. The molecule has 1 N–H and O–H groups in total. The van der Waals surface area contributed by atoms with Crippen LogP contribution in [0.5, 0.6) is 0 Å². The van der Waals surface area contributed by atoms with Crippen molar-refractivity contribution in [2.45, 2.75) is 5.41 Å². The lowest BCUT2D eigenvalue weighted by Gasteiger charge is -2.49. The van der Waals surface area contributed by atoms with Gasteiger partial charge in [0.15, 0.2) is 7.28 Å². The Balaban J connectivity index is 1.11. The highest BCUT2D eigenvalue weighted by Gasteiger charge is 2.48. The van der Waals surface area contributed by atoms with E-state index in [0.717, 1.165) is 22.6 Å². The number of anilines is 5. The van der Waals surface area contributed by atoms with Crippen LogP contribution in [0.15, 0.2) is 237 Å². The molecule has 12 rings (SSSR count). The van der Waals surface area contributed by atoms with Crippen molar-refractivity contribution >= 4 is 57.4 Å². The van der Waals surface area contributed by atoms with Crippen LogP contribution in [0.25, 0.3) is 44.2 Å². The molecule has 0 unspecified atom stereocenters. The molecule has 289 valence electrons. The lowest BCUT2D eigenvalue weighted by atomic mass is 9.54. The molecular formula is C59H40BN2. The molecule has 0 amide bonds. The maximum atomic E-state index is 3.96. The lowest BCUT2D eigenvalue weighted by Crippen LogP contribution is -2.47. The lowest BCUT2D eigenvalue weighted by molar-refractivity contribution is 0.732. The minimum absolute atomic E-state index is 0.544. The van der Waals surface area contributed by atoms with E-state index >= 15 is 0 Å². The highest BCUT2D eigenvalue weighted by molar-refractivity contribution is 6.73. The van der Waals surface area contributed by atoms with E-state index in [4.69, 9.17) is 0 Å². The first-order valence-electron chi connectivity index (χ1n) is 21.4. The van der Waals surface area contributed by atoms with E-state index in [0.29, 0.717) is 0 Å². The van der Waals surface area contributed by atoms with Crippen molar-refractivity contribution in [1.82, 2.24) is 0 Å². The molecule has 0 aliphatic carbocycles. The second-order valence-corrected chi connectivity index (χ2v) is 16.3. The smallest absolute Gasteiger partial charge is 0.197 e. The van der Waals surface area contributed by atoms with Crippen LogP contribution in [0.3, 0.4) is 0 Å². The van der Waals surface area contributed by atoms with Gasteiger partial charge in [0.2, 0.25) is 0 Å². The fraction of sp³-hybridized carbons (Fsp3) is 0.0169. The summed E-state index contributed by atoms with van der Waals surface area (Å²) in [5.41, 5.74) is 19.6. The summed E-state index contributed by atoms with van der Waals surface area (Å²) in [6.45, 7) is 0. The van der Waals surface area contributed by atoms with Crippen LogP contribution in [0.1, 0.15) is 22.3 Å². The molecule has 0 fully saturated rings. The molecule has 62 heavy (non-hydrogen) atoms. The van der Waals surface area contributed by atoms with Gasteiger partial charge in [-0.05, 0) is 91.3 Å². The van der Waals surface area contributed by atoms with E-state index in [2.05, 4.69) is 254 Å². The molecule has 0 bridgehead atoms. The van der Waals surface area contributed by atoms with Gasteiger partial charge in [-0.3, -0.25) is 0 Å². The fourth-order valence-corrected chi connectivity index (χ4v) is 10.2. The van der Waals surface area contributed by atoms with E-state index in [-0.39, 0.29) is 0 Å². The van der Waals surface area contributed by atoms with E-state index in [1.807, 2.05) is 0 Å². The van der Waals surface area contributed by atoms with Crippen LogP contribution in [0.2, 0.25) is 0 Å². The first kappa shape index (κ1) is 36.0. The van der Waals surface area contributed by atoms with Crippen molar-refractivity contribution in [2.75, 3.05) is 10.2 Å². The van der Waals surface area contributed by atoms with Gasteiger partial charge in [-0.15, -0.1) is 0 Å². The van der Waals surface area contributed by atoms with Crippen molar-refractivity contribution in [2.24, 2.45) is 0 Å². The Kier molecular flexibility index (Phi) is 8.53. The predicted octanol–water partition coefficient (Wildman–Crippen LogP) is 13.7. The molecular weight excluding hydrogens is 747 g/mol. The topological polar surface area (TPSA) is 15.3 Å². The minimum atomic E-state index is -0.544. The third kappa shape index (κ3) is 5.66. The summed E-state index contributed by atoms with van der Waals surface area (Å²) in [6, 6.07) is 86.5. The first-order chi connectivity index (χ1) is 30.8. The number of nitrogens with zero attached hydrogens (tertiary/aromatic N) is 1. The van der Waals surface area contributed by atoms with E-state index in [1.165, 1.54) is 83.1 Å². The molecule has 10 aromatic rings. The average molecular weight is 788 g/mol. The van der Waals surface area contributed by atoms with Gasteiger partial charge in [-0.1, -0.05) is 212 Å². The number of benzene rings is 10. The Hall–Kier alpha value is -7.88. The number of para-hydroxylation sites is 2. The van der Waals surface area contributed by atoms with Crippen molar-refractivity contribution < 1.29 is 0 Å². The highest BCUT2D eigenvalue weighted by atomic mass is 15.2. The van der Waals surface area contributed by atoms with Crippen LogP contribution >= 0.6 is 0 Å². The maximum Gasteiger partial charge on any atom is 0.197 e. The van der Waals surface area contributed by atoms with Crippen molar-refractivity contribution in [1.29, 1.82) is 0 Å². The Morgan fingerprint density at radius 2 is 0.984 bits per heavy atom. The number of hydrogen-bond donors (Lipinski definition) is 1. The summed E-state index contributed by atoms with van der Waals surface area (Å²) in [5.74, 6) is 0. The van der Waals surface area contributed by atoms with Gasteiger partial charge in [-0.2, -0.15) is 0 Å². The second-order valence-electron chi connectivity index (χ2n) is 16.3. The summed E-state index contributed by atoms with van der Waals surface area (Å²) in [7, 11) is 2.44. The van der Waals surface area contributed by atoms with Crippen LogP contribution < -0.4 is 21.1 Å². The summed E-state index contributed by atoms with van der Waals surface area (Å²) < 4.78 is 0. The number of nitrogens with one attached hydrogen (secondary N) is 1. The molecule has 3 heteroatoms. The zero-order chi connectivity index (χ0) is 41.0. The molecule has 2 aliphatic rings. The fourth-order valence-electron chi connectivity index (χ4n) is 10.2. The molecule has 0 spiro atoms. The maximum absolute atomic E-state index is 3.96. The minimum Gasteiger partial charge on any atom is -0.355 e. The van der Waals surface area contributed by atoms with Crippen LogP contribution in [0.4, 0.5) is 28.4 Å². The largest absolute Gasteiger partial charge is 0.355 e. The van der Waals surface area contributed by atoms with Gasteiger partial charge in [-0.25, -0.2) is 0 Å². The number of rotatable bonds is 7. The summed E-state index contributed by atoms with van der Waals surface area (Å²) in [6.07, 6.45) is 0. The predicted molar refractivity (Wildman–Crippen MR) is 262 cm³/mol. The monoisotopic (exact) mass is 787 g/mol. The van der Waals surface area contributed by atoms with Crippen molar-refractivity contribution in [3.8, 4) is 33.4 Å². The highest BCUT2D eigenvalue weighted by Crippen LogP contribution is 2.58. The molecule has 10 aromatic carbocycles. The van der Waals surface area contributed by atoms with Gasteiger partial charge >= 0.3 is 0 Å². The molecule has 2 heterocycles. The van der Waals surface area contributed by atoms with E-state index in [9.17, 15) is 0 Å². The summed E-state index contributed by atoms with van der Waals surface area (Å²) in [4.78, 5) is 2.56. The van der Waals surface area contributed by atoms with Crippen molar-refractivity contribution in [3.63, 3.8) is 0 Å². The molecule has 0 aromatic heterocycles. The quantitative estimate of drug-likeness (QED) is 0.162. The number of hydrogen-bond acceptors (Lipinski definition) is 2. The van der Waals surface area contributed by atoms with Gasteiger partial charge in [0, 0.05) is 28.0 Å². The zero-order valence-corrected chi connectivity index (χ0v) is 34.0. The van der Waals surface area contributed by atoms with Gasteiger partial charge in [0.05, 0.1) is 16.8 Å². The molecule has 0 saturated heterocycles. The summed E-state index contributed by atoms with van der Waals surface area (Å²) >= 11 is 0. The standard InChI is InChI=1S/C59H40BN2/c1-5-18-40(19-6-1)42-32-35-47(36-33-42)61-57-48-27-14-13-22-43(48)34-37-49(57)50-38-44(41-20-7-2-8-21-41)39-55-56(50)60-53-30-17-29-52-58(53)62(55)54-31-16-15-28-51(54)59(52,45-23-9-3-10-24-45)46-25-11-4-12-26-46/h1-39,61H. The molecule has 0 atom stereocenters. The van der Waals surface area contributed by atoms with Gasteiger partial charge in [0.1, 0.15) is 0 Å². The van der Waals surface area contributed by atoms with E-state index < -0.39 is 5.41 Å². The van der Waals surface area contributed by atoms with Crippen LogP contribution in [-0.2, 0) is 5.41 Å². The normalized spacial score (nSPS) is 13.1. The van der Waals surface area contributed by atoms with Crippen LogP contribution in [0, 0.1) is 0 Å². The number of fused-ring (bicyclic) bond motifs is 5. The Bertz CT molecular complexity index is 3230. The molecule has 1 radical (unpaired) electrons. The first-order valence-corrected chi connectivity index (χ1v) is 21.4. The second kappa shape index (κ2) is 14.7. The summed E-state index contributed by atoms with van der Waals surface area (Å²) in [5, 5.41) is 6.32. The average Bonchev–Trinajstić information content (AvgIpc) is 3.35. The third-order valence-electron chi connectivity index (χ3n) is 12.9. The van der Waals surface area contributed by atoms with Crippen LogP contribution in [-0.4, -0.2) is 7.28 Å². The Morgan fingerprint density at radius 1 is 0.403 bits per heavy atom. The van der Waals surface area contributed by atoms with Gasteiger partial charge < -0.3 is 10.2 Å². The Morgan fingerprint density at radius 3 is 1.69 bits per heavy atom. The molecule has 0 saturated carbocycles. The van der Waals surface area contributed by atoms with Crippen molar-refractivity contribution in [3.05, 3.63) is 259 Å². The molecule has 2 nitrogen and oxygen atoms in total. The zero-order valence-electron chi connectivity index (χ0n) is 34.0.